The van der Waals surface area contributed by atoms with Crippen molar-refractivity contribution in [2.75, 3.05) is 19.0 Å². The van der Waals surface area contributed by atoms with Crippen LogP contribution in [0.1, 0.15) is 31.9 Å². The predicted octanol–water partition coefficient (Wildman–Crippen LogP) is 4.03. The molecule has 1 aliphatic rings. The summed E-state index contributed by atoms with van der Waals surface area (Å²) in [5, 5.41) is 0. The van der Waals surface area contributed by atoms with Gasteiger partial charge in [-0.1, -0.05) is 35.4 Å². The predicted molar refractivity (Wildman–Crippen MR) is 108 cm³/mol. The van der Waals surface area contributed by atoms with Crippen LogP contribution in [0.2, 0.25) is 0 Å². The maximum absolute atomic E-state index is 4.31. The second kappa shape index (κ2) is 7.68. The fourth-order valence-electron chi connectivity index (χ4n) is 3.20. The number of rotatable bonds is 2. The molecule has 0 fully saturated rings. The standard InChI is InChI=1S/C12H14.C9H13N5/c1-9-7-11-5-3-4-6-12(11)8-10(9)2;1-4-14-6-12-7-8(13(2)3)10-5-11-9(7)14/h3-6H,7-8H2,1-2H3;5-6H,4H2,1-3H3. The van der Waals surface area contributed by atoms with E-state index >= 15 is 0 Å². The van der Waals surface area contributed by atoms with Gasteiger partial charge in [0.1, 0.15) is 6.33 Å². The van der Waals surface area contributed by atoms with E-state index in [0.29, 0.717) is 0 Å². The van der Waals surface area contributed by atoms with Crippen molar-refractivity contribution in [1.29, 1.82) is 0 Å². The van der Waals surface area contributed by atoms with Crippen LogP contribution in [0, 0.1) is 0 Å². The summed E-state index contributed by atoms with van der Waals surface area (Å²) in [7, 11) is 3.90. The third-order valence-electron chi connectivity index (χ3n) is 4.90. The highest BCUT2D eigenvalue weighted by Gasteiger charge is 2.11. The molecular formula is C21H27N5. The number of fused-ring (bicyclic) bond motifs is 2. The summed E-state index contributed by atoms with van der Waals surface area (Å²) >= 11 is 0. The van der Waals surface area contributed by atoms with E-state index in [9.17, 15) is 0 Å². The van der Waals surface area contributed by atoms with Crippen LogP contribution in [-0.2, 0) is 19.4 Å². The normalized spacial score (nSPS) is 13.3. The molecule has 1 aliphatic carbocycles. The molecule has 5 heteroatoms. The Balaban J connectivity index is 0.000000152. The number of aryl methyl sites for hydroxylation is 1. The zero-order valence-corrected chi connectivity index (χ0v) is 16.3. The number of hydrogen-bond donors (Lipinski definition) is 0. The molecule has 26 heavy (non-hydrogen) atoms. The van der Waals surface area contributed by atoms with E-state index in [1.165, 1.54) is 11.1 Å². The van der Waals surface area contributed by atoms with Crippen LogP contribution in [0.25, 0.3) is 11.2 Å². The van der Waals surface area contributed by atoms with Gasteiger partial charge in [0.25, 0.3) is 0 Å². The van der Waals surface area contributed by atoms with Gasteiger partial charge >= 0.3 is 0 Å². The maximum Gasteiger partial charge on any atom is 0.165 e. The Hall–Kier alpha value is -2.69. The van der Waals surface area contributed by atoms with E-state index in [-0.39, 0.29) is 0 Å². The lowest BCUT2D eigenvalue weighted by atomic mass is 9.88. The molecule has 4 rings (SSSR count). The van der Waals surface area contributed by atoms with Gasteiger partial charge in [-0.05, 0) is 44.7 Å². The lowest BCUT2D eigenvalue weighted by molar-refractivity contribution is 0.777. The molecule has 1 aromatic carbocycles. The number of anilines is 1. The van der Waals surface area contributed by atoms with E-state index in [1.54, 1.807) is 23.8 Å². The number of aromatic nitrogens is 4. The topological polar surface area (TPSA) is 46.8 Å². The highest BCUT2D eigenvalue weighted by molar-refractivity contribution is 5.82. The first kappa shape index (κ1) is 18.1. The van der Waals surface area contributed by atoms with Crippen LogP contribution in [0.3, 0.4) is 0 Å². The van der Waals surface area contributed by atoms with E-state index in [4.69, 9.17) is 0 Å². The fourth-order valence-corrected chi connectivity index (χ4v) is 3.20. The van der Waals surface area contributed by atoms with Crippen LogP contribution < -0.4 is 4.90 Å². The molecule has 0 saturated carbocycles. The van der Waals surface area contributed by atoms with Gasteiger partial charge in [-0.3, -0.25) is 0 Å². The molecule has 0 amide bonds. The summed E-state index contributed by atoms with van der Waals surface area (Å²) in [4.78, 5) is 14.7. The first-order chi connectivity index (χ1) is 12.5. The largest absolute Gasteiger partial charge is 0.361 e. The molecule has 0 bridgehead atoms. The van der Waals surface area contributed by atoms with Crippen LogP contribution in [-0.4, -0.2) is 33.6 Å². The molecule has 0 aliphatic heterocycles. The molecule has 5 nitrogen and oxygen atoms in total. The van der Waals surface area contributed by atoms with Crippen molar-refractivity contribution in [1.82, 2.24) is 19.5 Å². The quantitative estimate of drug-likeness (QED) is 0.655. The number of nitrogens with zero attached hydrogens (tertiary/aromatic N) is 5. The van der Waals surface area contributed by atoms with E-state index in [2.05, 4.69) is 60.0 Å². The summed E-state index contributed by atoms with van der Waals surface area (Å²) in [5.41, 5.74) is 7.88. The van der Waals surface area contributed by atoms with Gasteiger partial charge in [-0.15, -0.1) is 0 Å². The van der Waals surface area contributed by atoms with E-state index in [0.717, 1.165) is 36.4 Å². The van der Waals surface area contributed by atoms with Crippen molar-refractivity contribution in [2.45, 2.75) is 40.2 Å². The second-order valence-electron chi connectivity index (χ2n) is 6.98. The lowest BCUT2D eigenvalue weighted by Gasteiger charge is -2.18. The van der Waals surface area contributed by atoms with Crippen LogP contribution in [0.15, 0.2) is 48.1 Å². The minimum atomic E-state index is 0.861. The zero-order chi connectivity index (χ0) is 18.7. The van der Waals surface area contributed by atoms with Crippen LogP contribution in [0.5, 0.6) is 0 Å². The van der Waals surface area contributed by atoms with Crippen molar-refractivity contribution < 1.29 is 0 Å². The molecular weight excluding hydrogens is 322 g/mol. The van der Waals surface area contributed by atoms with Crippen molar-refractivity contribution in [3.63, 3.8) is 0 Å². The van der Waals surface area contributed by atoms with Gasteiger partial charge in [0, 0.05) is 20.6 Å². The van der Waals surface area contributed by atoms with E-state index < -0.39 is 0 Å². The Morgan fingerprint density at radius 1 is 0.962 bits per heavy atom. The fraction of sp³-hybridized carbons (Fsp3) is 0.381. The molecule has 0 saturated heterocycles. The smallest absolute Gasteiger partial charge is 0.165 e. The highest BCUT2D eigenvalue weighted by atomic mass is 15.2. The summed E-state index contributed by atoms with van der Waals surface area (Å²) in [6, 6.07) is 8.75. The van der Waals surface area contributed by atoms with Crippen molar-refractivity contribution in [3.8, 4) is 0 Å². The summed E-state index contributed by atoms with van der Waals surface area (Å²) in [6.07, 6.45) is 5.68. The van der Waals surface area contributed by atoms with Crippen molar-refractivity contribution >= 4 is 17.0 Å². The molecule has 0 atom stereocenters. The number of allylic oxidation sites excluding steroid dienone is 2. The van der Waals surface area contributed by atoms with Gasteiger partial charge in [0.2, 0.25) is 0 Å². The molecule has 3 aromatic rings. The minimum absolute atomic E-state index is 0.861. The van der Waals surface area contributed by atoms with Crippen LogP contribution >= 0.6 is 0 Å². The van der Waals surface area contributed by atoms with Gasteiger partial charge in [-0.25, -0.2) is 15.0 Å². The SMILES string of the molecule is CC1=C(C)Cc2ccccc2C1.CCn1cnc2c(N(C)C)ncnc21. The van der Waals surface area contributed by atoms with Gasteiger partial charge in [0.15, 0.2) is 17.0 Å². The Labute approximate surface area is 155 Å². The lowest BCUT2D eigenvalue weighted by Crippen LogP contribution is -2.11. The number of benzene rings is 1. The third kappa shape index (κ3) is 3.62. The zero-order valence-electron chi connectivity index (χ0n) is 16.3. The summed E-state index contributed by atoms with van der Waals surface area (Å²) in [6.45, 7) is 7.43. The van der Waals surface area contributed by atoms with Gasteiger partial charge < -0.3 is 9.47 Å². The first-order valence-electron chi connectivity index (χ1n) is 9.06. The summed E-state index contributed by atoms with van der Waals surface area (Å²) < 4.78 is 2.00. The molecule has 0 N–H and O–H groups in total. The molecule has 0 unspecified atom stereocenters. The van der Waals surface area contributed by atoms with Gasteiger partial charge in [0.05, 0.1) is 6.33 Å². The van der Waals surface area contributed by atoms with E-state index in [1.807, 2.05) is 23.6 Å². The summed E-state index contributed by atoms with van der Waals surface area (Å²) in [5.74, 6) is 0.863. The van der Waals surface area contributed by atoms with Crippen molar-refractivity contribution in [3.05, 3.63) is 59.2 Å². The monoisotopic (exact) mass is 349 g/mol. The van der Waals surface area contributed by atoms with Gasteiger partial charge in [-0.2, -0.15) is 0 Å². The maximum atomic E-state index is 4.31. The Morgan fingerprint density at radius 3 is 2.12 bits per heavy atom. The Bertz CT molecular complexity index is 903. The Kier molecular flexibility index (Phi) is 5.35. The average molecular weight is 349 g/mol. The second-order valence-corrected chi connectivity index (χ2v) is 6.98. The molecule has 0 radical (unpaired) electrons. The average Bonchev–Trinajstić information content (AvgIpc) is 3.06. The Morgan fingerprint density at radius 2 is 1.58 bits per heavy atom. The number of imidazole rings is 1. The molecule has 136 valence electrons. The third-order valence-corrected chi connectivity index (χ3v) is 4.90. The first-order valence-corrected chi connectivity index (χ1v) is 9.06. The molecule has 2 aromatic heterocycles. The molecule has 2 heterocycles. The molecule has 0 spiro atoms. The number of hydrogen-bond acceptors (Lipinski definition) is 4. The highest BCUT2D eigenvalue weighted by Crippen LogP contribution is 2.25. The van der Waals surface area contributed by atoms with Crippen LogP contribution in [0.4, 0.5) is 5.82 Å². The minimum Gasteiger partial charge on any atom is -0.361 e. The van der Waals surface area contributed by atoms with Crippen molar-refractivity contribution in [2.24, 2.45) is 0 Å².